The Morgan fingerprint density at radius 1 is 1.00 bits per heavy atom. The number of nitrogens with zero attached hydrogens (tertiary/aromatic N) is 2. The van der Waals surface area contributed by atoms with Crippen LogP contribution in [0.5, 0.6) is 0 Å². The minimum atomic E-state index is -1.54. The van der Waals surface area contributed by atoms with Crippen LogP contribution in [-0.4, -0.2) is 94.8 Å². The molecular weight excluding hydrogens is 626 g/mol. The first-order valence-corrected chi connectivity index (χ1v) is 16.9. The van der Waals surface area contributed by atoms with Crippen molar-refractivity contribution < 1.29 is 38.5 Å². The fraction of sp³-hybridized carbons (Fsp3) is 0.474. The van der Waals surface area contributed by atoms with Gasteiger partial charge in [-0.15, -0.1) is 0 Å². The summed E-state index contributed by atoms with van der Waals surface area (Å²) in [6.45, 7) is 5.66. The zero-order valence-corrected chi connectivity index (χ0v) is 28.4. The lowest BCUT2D eigenvalue weighted by atomic mass is 9.77. The largest absolute Gasteiger partial charge is 0.455 e. The third-order valence-corrected chi connectivity index (χ3v) is 10.00. The molecule has 2 fully saturated rings. The molecule has 4 aliphatic heterocycles. The van der Waals surface area contributed by atoms with Gasteiger partial charge in [0.25, 0.3) is 0 Å². The lowest BCUT2D eigenvalue weighted by Crippen LogP contribution is -2.59. The van der Waals surface area contributed by atoms with Crippen molar-refractivity contribution in [3.63, 3.8) is 0 Å². The summed E-state index contributed by atoms with van der Waals surface area (Å²) in [4.78, 5) is 60.6. The second-order valence-corrected chi connectivity index (χ2v) is 14.1. The number of carbonyl (C=O) groups is 4. The van der Waals surface area contributed by atoms with Crippen molar-refractivity contribution in [2.24, 2.45) is 11.8 Å². The van der Waals surface area contributed by atoms with Crippen molar-refractivity contribution in [1.29, 1.82) is 0 Å². The van der Waals surface area contributed by atoms with Crippen LogP contribution in [0.3, 0.4) is 0 Å². The Balaban J connectivity index is 1.50. The zero-order valence-electron chi connectivity index (χ0n) is 28.4. The average molecular weight is 672 g/mol. The molecule has 4 aliphatic rings. The van der Waals surface area contributed by atoms with Crippen LogP contribution in [-0.2, 0) is 33.4 Å². The fourth-order valence-electron chi connectivity index (χ4n) is 7.80. The van der Waals surface area contributed by atoms with Crippen LogP contribution in [0.15, 0.2) is 85.0 Å². The predicted molar refractivity (Wildman–Crippen MR) is 180 cm³/mol. The van der Waals surface area contributed by atoms with Crippen LogP contribution >= 0.6 is 0 Å². The van der Waals surface area contributed by atoms with E-state index in [2.05, 4.69) is 5.32 Å². The summed E-state index contributed by atoms with van der Waals surface area (Å²) in [5.41, 5.74) is -0.858. The summed E-state index contributed by atoms with van der Waals surface area (Å²) >= 11 is 0. The number of carbonyl (C=O) groups excluding carboxylic acids is 4. The van der Waals surface area contributed by atoms with E-state index in [-0.39, 0.29) is 31.4 Å². The molecule has 0 aromatic heterocycles. The monoisotopic (exact) mass is 671 g/mol. The van der Waals surface area contributed by atoms with E-state index < -0.39 is 71.8 Å². The van der Waals surface area contributed by atoms with Gasteiger partial charge in [0, 0.05) is 25.6 Å². The molecule has 2 N–H and O–H groups in total. The van der Waals surface area contributed by atoms with Crippen molar-refractivity contribution in [3.05, 3.63) is 96.1 Å². The van der Waals surface area contributed by atoms with E-state index in [9.17, 15) is 24.3 Å². The number of amides is 3. The SMILES string of the molecule is COC[C@@H]1NC(=O)CC/C=C\[C@@H]2O[C@@]34C=CCN(C(C)(C)C)C(=O)[C@@H]3N([C@H](CO)c3ccccc3)C(=O)[C@H]4[C@@H]2C(=O)O[C@H]1c1ccccc1. The first kappa shape index (κ1) is 34.5. The number of cyclic esters (lactones) is 1. The number of hydrogen-bond donors (Lipinski definition) is 2. The molecule has 3 amide bonds. The summed E-state index contributed by atoms with van der Waals surface area (Å²) in [6, 6.07) is 15.4. The molecule has 0 aliphatic carbocycles. The summed E-state index contributed by atoms with van der Waals surface area (Å²) in [7, 11) is 1.51. The van der Waals surface area contributed by atoms with E-state index in [4.69, 9.17) is 14.2 Å². The van der Waals surface area contributed by atoms with Gasteiger partial charge in [0.1, 0.15) is 23.7 Å². The summed E-state index contributed by atoms with van der Waals surface area (Å²) in [6.07, 6.45) is 5.72. The molecule has 4 heterocycles. The lowest BCUT2D eigenvalue weighted by Gasteiger charge is -2.42. The maximum Gasteiger partial charge on any atom is 0.313 e. The number of allylic oxidation sites excluding steroid dienone is 1. The van der Waals surface area contributed by atoms with E-state index >= 15 is 0 Å². The van der Waals surface area contributed by atoms with E-state index in [1.807, 2.05) is 63.2 Å². The van der Waals surface area contributed by atoms with Gasteiger partial charge >= 0.3 is 5.97 Å². The van der Waals surface area contributed by atoms with Gasteiger partial charge in [-0.2, -0.15) is 0 Å². The fourth-order valence-corrected chi connectivity index (χ4v) is 7.80. The Morgan fingerprint density at radius 2 is 1.69 bits per heavy atom. The summed E-state index contributed by atoms with van der Waals surface area (Å²) < 4.78 is 18.6. The van der Waals surface area contributed by atoms with Crippen molar-refractivity contribution in [2.75, 3.05) is 26.9 Å². The molecule has 6 rings (SSSR count). The first-order valence-electron chi connectivity index (χ1n) is 16.9. The van der Waals surface area contributed by atoms with E-state index in [0.29, 0.717) is 17.5 Å². The predicted octanol–water partition coefficient (Wildman–Crippen LogP) is 3.26. The molecular formula is C38H45N3O8. The van der Waals surface area contributed by atoms with Crippen LogP contribution in [0.25, 0.3) is 0 Å². The molecule has 2 saturated heterocycles. The minimum Gasteiger partial charge on any atom is -0.455 e. The molecule has 2 aromatic carbocycles. The number of nitrogens with one attached hydrogen (secondary N) is 1. The van der Waals surface area contributed by atoms with Gasteiger partial charge in [0.15, 0.2) is 0 Å². The van der Waals surface area contributed by atoms with Gasteiger partial charge in [0.2, 0.25) is 17.7 Å². The first-order chi connectivity index (χ1) is 23.5. The topological polar surface area (TPSA) is 135 Å². The van der Waals surface area contributed by atoms with E-state index in [1.54, 1.807) is 47.4 Å². The third kappa shape index (κ3) is 6.31. The molecule has 0 saturated carbocycles. The van der Waals surface area contributed by atoms with Crippen LogP contribution in [0.2, 0.25) is 0 Å². The quantitative estimate of drug-likeness (QED) is 0.353. The van der Waals surface area contributed by atoms with Gasteiger partial charge in [-0.3, -0.25) is 19.2 Å². The van der Waals surface area contributed by atoms with Crippen LogP contribution < -0.4 is 5.32 Å². The van der Waals surface area contributed by atoms with E-state index in [1.165, 1.54) is 12.0 Å². The van der Waals surface area contributed by atoms with Gasteiger partial charge < -0.3 is 34.4 Å². The number of methoxy groups -OCH3 is 1. The molecule has 1 spiro atoms. The highest BCUT2D eigenvalue weighted by Crippen LogP contribution is 2.55. The molecule has 11 heteroatoms. The number of fused-ring (bicyclic) bond motifs is 2. The maximum absolute atomic E-state index is 15.0. The Labute approximate surface area is 286 Å². The van der Waals surface area contributed by atoms with Crippen molar-refractivity contribution >= 4 is 23.7 Å². The highest BCUT2D eigenvalue weighted by Gasteiger charge is 2.73. The zero-order chi connectivity index (χ0) is 34.9. The number of rotatable bonds is 6. The number of hydrogen-bond acceptors (Lipinski definition) is 8. The van der Waals surface area contributed by atoms with Gasteiger partial charge in [-0.1, -0.05) is 85.0 Å². The molecule has 8 atom stereocenters. The molecule has 49 heavy (non-hydrogen) atoms. The van der Waals surface area contributed by atoms with Crippen LogP contribution in [0.1, 0.15) is 56.9 Å². The molecule has 0 bridgehead atoms. The number of ether oxygens (including phenoxy) is 3. The Kier molecular flexibility index (Phi) is 9.79. The smallest absolute Gasteiger partial charge is 0.313 e. The highest BCUT2D eigenvalue weighted by molar-refractivity contribution is 5.99. The molecule has 11 nitrogen and oxygen atoms in total. The Hall–Kier alpha value is -4.32. The minimum absolute atomic E-state index is 0.0658. The Bertz CT molecular complexity index is 1610. The van der Waals surface area contributed by atoms with Gasteiger partial charge in [0.05, 0.1) is 37.3 Å². The second kappa shape index (κ2) is 13.9. The standard InChI is InChI=1S/C38H45N3O8/c1-37(2,3)40-21-13-20-38-31(34(44)41(33(38)35(40)45)27(22-42)24-14-7-5-8-15-24)30-28(49-38)18-11-12-19-29(43)39-26(23-47-4)32(48-36(30)46)25-16-9-6-10-17-25/h5-11,13-18,20,26-28,30-33,42H,12,19,21-23H2,1-4H3,(H,39,43)/b18-11-/t26-,27+,28-,30+,31+,32-,33-,38+/m0/s1. The molecule has 0 unspecified atom stereocenters. The number of likely N-dealkylation sites (tertiary alicyclic amines) is 1. The summed E-state index contributed by atoms with van der Waals surface area (Å²) in [5.74, 6) is -4.04. The van der Waals surface area contributed by atoms with Crippen molar-refractivity contribution in [1.82, 2.24) is 15.1 Å². The van der Waals surface area contributed by atoms with Gasteiger partial charge in [-0.25, -0.2) is 0 Å². The maximum atomic E-state index is 15.0. The number of aliphatic hydroxyl groups is 1. The number of benzene rings is 2. The lowest BCUT2D eigenvalue weighted by molar-refractivity contribution is -0.163. The van der Waals surface area contributed by atoms with Crippen LogP contribution in [0, 0.1) is 11.8 Å². The number of esters is 1. The van der Waals surface area contributed by atoms with Crippen LogP contribution in [0.4, 0.5) is 0 Å². The van der Waals surface area contributed by atoms with Crippen molar-refractivity contribution in [2.45, 2.75) is 75.1 Å². The second-order valence-electron chi connectivity index (χ2n) is 14.1. The van der Waals surface area contributed by atoms with E-state index in [0.717, 1.165) is 0 Å². The average Bonchev–Trinajstić information content (AvgIpc) is 3.46. The molecule has 2 aromatic rings. The Morgan fingerprint density at radius 3 is 2.35 bits per heavy atom. The number of aliphatic hydroxyl groups excluding tert-OH is 1. The summed E-state index contributed by atoms with van der Waals surface area (Å²) in [5, 5.41) is 13.8. The molecule has 0 radical (unpaired) electrons. The highest BCUT2D eigenvalue weighted by atomic mass is 16.6. The van der Waals surface area contributed by atoms with Gasteiger partial charge in [-0.05, 0) is 38.3 Å². The molecule has 260 valence electrons. The van der Waals surface area contributed by atoms with Crippen molar-refractivity contribution in [3.8, 4) is 0 Å². The normalized spacial score (nSPS) is 31.8. The third-order valence-electron chi connectivity index (χ3n) is 10.00.